The van der Waals surface area contributed by atoms with Gasteiger partial charge >= 0.3 is 0 Å². The van der Waals surface area contributed by atoms with Crippen molar-refractivity contribution >= 4 is 16.6 Å². The third kappa shape index (κ3) is 2.48. The number of halogens is 1. The van der Waals surface area contributed by atoms with Crippen molar-refractivity contribution in [1.29, 1.82) is 0 Å². The molecule has 2 aromatic carbocycles. The largest absolute Gasteiger partial charge is 0.494 e. The van der Waals surface area contributed by atoms with Gasteiger partial charge in [-0.05, 0) is 32.0 Å². The molecular formula is C22H21FN2O. The summed E-state index contributed by atoms with van der Waals surface area (Å²) in [7, 11) is 1.64. The molecule has 1 aliphatic heterocycles. The van der Waals surface area contributed by atoms with Crippen LogP contribution in [0.25, 0.3) is 10.9 Å². The van der Waals surface area contributed by atoms with E-state index in [1.807, 2.05) is 51.1 Å². The summed E-state index contributed by atoms with van der Waals surface area (Å²) in [6.45, 7) is 6.13. The monoisotopic (exact) mass is 348 g/mol. The Morgan fingerprint density at radius 1 is 1.12 bits per heavy atom. The number of nitrogens with zero attached hydrogens (tertiary/aromatic N) is 2. The van der Waals surface area contributed by atoms with Crippen molar-refractivity contribution in [2.45, 2.75) is 32.2 Å². The summed E-state index contributed by atoms with van der Waals surface area (Å²) in [6, 6.07) is 13.1. The molecule has 0 N–H and O–H groups in total. The van der Waals surface area contributed by atoms with E-state index in [1.165, 1.54) is 6.07 Å². The van der Waals surface area contributed by atoms with Gasteiger partial charge in [-0.25, -0.2) is 4.39 Å². The minimum atomic E-state index is -0.395. The van der Waals surface area contributed by atoms with E-state index in [1.54, 1.807) is 19.4 Å². The van der Waals surface area contributed by atoms with E-state index in [-0.39, 0.29) is 11.7 Å². The first kappa shape index (κ1) is 16.7. The molecule has 0 bridgehead atoms. The average Bonchev–Trinajstić information content (AvgIpc) is 2.63. The second kappa shape index (κ2) is 5.90. The Bertz CT molecular complexity index is 1040. The summed E-state index contributed by atoms with van der Waals surface area (Å²) in [5.74, 6) is 0.557. The van der Waals surface area contributed by atoms with Crippen LogP contribution in [0.5, 0.6) is 5.75 Å². The van der Waals surface area contributed by atoms with Crippen molar-refractivity contribution in [1.82, 2.24) is 4.98 Å². The number of ether oxygens (including phenoxy) is 1. The van der Waals surface area contributed by atoms with Gasteiger partial charge in [-0.15, -0.1) is 0 Å². The fourth-order valence-corrected chi connectivity index (χ4v) is 3.63. The summed E-state index contributed by atoms with van der Waals surface area (Å²) in [4.78, 5) is 9.57. The van der Waals surface area contributed by atoms with E-state index < -0.39 is 5.54 Å². The van der Waals surface area contributed by atoms with Crippen LogP contribution in [-0.4, -0.2) is 23.3 Å². The molecule has 0 radical (unpaired) electrons. The van der Waals surface area contributed by atoms with E-state index in [9.17, 15) is 4.39 Å². The molecule has 4 heteroatoms. The molecular weight excluding hydrogens is 327 g/mol. The number of hydrogen-bond donors (Lipinski definition) is 0. The van der Waals surface area contributed by atoms with Crippen molar-refractivity contribution in [2.75, 3.05) is 7.11 Å². The van der Waals surface area contributed by atoms with Gasteiger partial charge in [-0.2, -0.15) is 0 Å². The first-order valence-electron chi connectivity index (χ1n) is 8.74. The van der Waals surface area contributed by atoms with Gasteiger partial charge in [0.15, 0.2) is 0 Å². The predicted molar refractivity (Wildman–Crippen MR) is 103 cm³/mol. The van der Waals surface area contributed by atoms with Gasteiger partial charge in [0.05, 0.1) is 18.4 Å². The highest BCUT2D eigenvalue weighted by molar-refractivity contribution is 6.15. The molecule has 0 fully saturated rings. The van der Waals surface area contributed by atoms with Crippen LogP contribution >= 0.6 is 0 Å². The van der Waals surface area contributed by atoms with Gasteiger partial charge in [0.2, 0.25) is 0 Å². The first-order valence-corrected chi connectivity index (χ1v) is 8.74. The molecule has 0 amide bonds. The van der Waals surface area contributed by atoms with Gasteiger partial charge < -0.3 is 4.74 Å². The highest BCUT2D eigenvalue weighted by Crippen LogP contribution is 2.40. The number of fused-ring (bicyclic) bond motifs is 2. The maximum absolute atomic E-state index is 14.6. The minimum Gasteiger partial charge on any atom is -0.494 e. The maximum atomic E-state index is 14.6. The van der Waals surface area contributed by atoms with Gasteiger partial charge in [0, 0.05) is 34.2 Å². The normalized spacial score (nSPS) is 18.3. The number of rotatable bonds is 2. The van der Waals surface area contributed by atoms with Crippen LogP contribution in [0, 0.1) is 5.82 Å². The smallest absolute Gasteiger partial charge is 0.145 e. The zero-order valence-corrected chi connectivity index (χ0v) is 15.4. The van der Waals surface area contributed by atoms with Crippen LogP contribution in [-0.2, 0) is 0 Å². The Kier molecular flexibility index (Phi) is 3.79. The molecule has 1 aliphatic rings. The Labute approximate surface area is 152 Å². The number of hydrogen-bond acceptors (Lipinski definition) is 3. The second-order valence-corrected chi connectivity index (χ2v) is 7.29. The molecule has 3 nitrogen and oxygen atoms in total. The average molecular weight is 348 g/mol. The van der Waals surface area contributed by atoms with Gasteiger partial charge in [-0.1, -0.05) is 31.2 Å². The SMILES string of the molecule is COc1cccc2cc(C3=NC(C)(C)C(C)c4c(F)cccc43)cnc12. The quantitative estimate of drug-likeness (QED) is 0.644. The van der Waals surface area contributed by atoms with Crippen molar-refractivity contribution in [3.63, 3.8) is 0 Å². The molecule has 0 aliphatic carbocycles. The van der Waals surface area contributed by atoms with Gasteiger partial charge in [0.25, 0.3) is 0 Å². The van der Waals surface area contributed by atoms with Crippen LogP contribution in [0.4, 0.5) is 4.39 Å². The molecule has 26 heavy (non-hydrogen) atoms. The van der Waals surface area contributed by atoms with E-state index in [0.29, 0.717) is 0 Å². The first-order chi connectivity index (χ1) is 12.4. The third-order valence-corrected chi connectivity index (χ3v) is 5.37. The lowest BCUT2D eigenvalue weighted by molar-refractivity contribution is 0.417. The Balaban J connectivity index is 1.95. The molecule has 1 unspecified atom stereocenters. The van der Waals surface area contributed by atoms with E-state index in [0.717, 1.165) is 39.1 Å². The summed E-state index contributed by atoms with van der Waals surface area (Å²) < 4.78 is 20.0. The van der Waals surface area contributed by atoms with Crippen LogP contribution in [0.2, 0.25) is 0 Å². The fourth-order valence-electron chi connectivity index (χ4n) is 3.63. The Morgan fingerprint density at radius 2 is 1.88 bits per heavy atom. The zero-order valence-electron chi connectivity index (χ0n) is 15.4. The minimum absolute atomic E-state index is 0.00374. The summed E-state index contributed by atoms with van der Waals surface area (Å²) in [5.41, 5.74) is 3.67. The molecule has 0 saturated carbocycles. The van der Waals surface area contributed by atoms with Gasteiger partial charge in [0.1, 0.15) is 17.1 Å². The summed E-state index contributed by atoms with van der Waals surface area (Å²) in [5, 5.41) is 0.971. The van der Waals surface area contributed by atoms with Crippen molar-refractivity contribution in [3.8, 4) is 5.75 Å². The summed E-state index contributed by atoms with van der Waals surface area (Å²) >= 11 is 0. The molecule has 0 saturated heterocycles. The molecule has 2 heterocycles. The third-order valence-electron chi connectivity index (χ3n) is 5.37. The number of para-hydroxylation sites is 1. The van der Waals surface area contributed by atoms with Crippen LogP contribution in [0.1, 0.15) is 43.4 Å². The fraction of sp³-hybridized carbons (Fsp3) is 0.273. The van der Waals surface area contributed by atoms with Crippen molar-refractivity contribution in [3.05, 3.63) is 71.2 Å². The van der Waals surface area contributed by atoms with Crippen LogP contribution in [0.3, 0.4) is 0 Å². The lowest BCUT2D eigenvalue weighted by Crippen LogP contribution is -2.33. The van der Waals surface area contributed by atoms with Crippen molar-refractivity contribution < 1.29 is 9.13 Å². The molecule has 3 aromatic rings. The van der Waals surface area contributed by atoms with Gasteiger partial charge in [-0.3, -0.25) is 9.98 Å². The van der Waals surface area contributed by atoms with Crippen LogP contribution < -0.4 is 4.74 Å². The molecule has 1 atom stereocenters. The maximum Gasteiger partial charge on any atom is 0.145 e. The number of pyridine rings is 1. The van der Waals surface area contributed by atoms with Crippen LogP contribution in [0.15, 0.2) is 53.7 Å². The molecule has 0 spiro atoms. The topological polar surface area (TPSA) is 34.5 Å². The Morgan fingerprint density at radius 3 is 2.65 bits per heavy atom. The Hall–Kier alpha value is -2.75. The van der Waals surface area contributed by atoms with Crippen molar-refractivity contribution in [2.24, 2.45) is 4.99 Å². The predicted octanol–water partition coefficient (Wildman–Crippen LogP) is 5.12. The standard InChI is InChI=1S/C22H21FN2O/c1-13-19-16(8-6-9-17(19)23)20(25-22(13,2)3)15-11-14-7-5-10-18(26-4)21(14)24-12-15/h5-13H,1-4H3. The number of aromatic nitrogens is 1. The lowest BCUT2D eigenvalue weighted by Gasteiger charge is -2.35. The number of methoxy groups -OCH3 is 1. The molecule has 4 rings (SSSR count). The van der Waals surface area contributed by atoms with E-state index in [4.69, 9.17) is 9.73 Å². The number of aliphatic imine (C=N–C) groups is 1. The molecule has 1 aromatic heterocycles. The number of benzene rings is 2. The second-order valence-electron chi connectivity index (χ2n) is 7.29. The summed E-state index contributed by atoms with van der Waals surface area (Å²) in [6.07, 6.45) is 1.80. The lowest BCUT2D eigenvalue weighted by atomic mass is 9.76. The van der Waals surface area contributed by atoms with E-state index >= 15 is 0 Å². The highest BCUT2D eigenvalue weighted by Gasteiger charge is 2.36. The molecule has 132 valence electrons. The van der Waals surface area contributed by atoms with E-state index in [2.05, 4.69) is 4.98 Å². The zero-order chi connectivity index (χ0) is 18.5. The highest BCUT2D eigenvalue weighted by atomic mass is 19.1.